The first-order valence-corrected chi connectivity index (χ1v) is 10.7. The van der Waals surface area contributed by atoms with Gasteiger partial charge in [-0.1, -0.05) is 48.5 Å². The van der Waals surface area contributed by atoms with Crippen LogP contribution in [0, 0.1) is 18.3 Å². The van der Waals surface area contributed by atoms with Gasteiger partial charge in [0.05, 0.1) is 12.0 Å². The predicted molar refractivity (Wildman–Crippen MR) is 116 cm³/mol. The Morgan fingerprint density at radius 3 is 2.37 bits per heavy atom. The Labute approximate surface area is 176 Å². The number of aryl methyl sites for hydroxylation is 1. The smallest absolute Gasteiger partial charge is 0.216 e. The number of nitrogens with zero attached hydrogens (tertiary/aromatic N) is 1. The molecule has 5 nitrogen and oxygen atoms in total. The molecule has 0 spiro atoms. The zero-order valence-corrected chi connectivity index (χ0v) is 17.5. The first kappa shape index (κ1) is 21.2. The van der Waals surface area contributed by atoms with Crippen LogP contribution >= 0.6 is 0 Å². The van der Waals surface area contributed by atoms with Gasteiger partial charge >= 0.3 is 0 Å². The number of benzene rings is 3. The summed E-state index contributed by atoms with van der Waals surface area (Å²) in [5.41, 5.74) is 2.70. The molecule has 3 aromatic rings. The molecule has 0 radical (unpaired) electrons. The van der Waals surface area contributed by atoms with Crippen LogP contribution in [-0.2, 0) is 16.4 Å². The van der Waals surface area contributed by atoms with Gasteiger partial charge in [-0.3, -0.25) is 0 Å². The Balaban J connectivity index is 1.88. The van der Waals surface area contributed by atoms with Crippen molar-refractivity contribution in [3.63, 3.8) is 0 Å². The minimum Gasteiger partial charge on any atom is -0.493 e. The quantitative estimate of drug-likeness (QED) is 0.508. The number of rotatable bonds is 7. The number of hydrogen-bond donors (Lipinski definition) is 0. The van der Waals surface area contributed by atoms with Crippen molar-refractivity contribution in [2.75, 3.05) is 7.11 Å². The average Bonchev–Trinajstić information content (AvgIpc) is 2.77. The highest BCUT2D eigenvalue weighted by molar-refractivity contribution is 7.95. The van der Waals surface area contributed by atoms with Crippen LogP contribution in [0.15, 0.2) is 82.6 Å². The lowest BCUT2D eigenvalue weighted by Crippen LogP contribution is -2.03. The van der Waals surface area contributed by atoms with Crippen molar-refractivity contribution in [3.8, 4) is 17.6 Å². The van der Waals surface area contributed by atoms with Gasteiger partial charge in [0.15, 0.2) is 11.5 Å². The summed E-state index contributed by atoms with van der Waals surface area (Å²) in [4.78, 5) is -0.271. The van der Waals surface area contributed by atoms with Crippen LogP contribution in [0.1, 0.15) is 16.7 Å². The standard InChI is InChI=1S/C24H21NO4S/c1-18-8-6-7-9-20(18)17-29-23-13-12-19(15-24(23)28-2)14-22(16-25)30(26,27)21-10-4-3-5-11-21/h3-15H,17H2,1-2H3. The molecule has 152 valence electrons. The Hall–Kier alpha value is -3.56. The summed E-state index contributed by atoms with van der Waals surface area (Å²) in [5.74, 6) is 0.981. The molecule has 0 bridgehead atoms. The average molecular weight is 420 g/mol. The van der Waals surface area contributed by atoms with Crippen molar-refractivity contribution < 1.29 is 17.9 Å². The predicted octanol–water partition coefficient (Wildman–Crippen LogP) is 4.92. The Kier molecular flexibility index (Phi) is 6.55. The molecule has 0 aliphatic rings. The van der Waals surface area contributed by atoms with Gasteiger partial charge in [-0.25, -0.2) is 8.42 Å². The number of methoxy groups -OCH3 is 1. The van der Waals surface area contributed by atoms with Gasteiger partial charge in [0, 0.05) is 0 Å². The van der Waals surface area contributed by atoms with Crippen LogP contribution in [-0.4, -0.2) is 15.5 Å². The zero-order valence-electron chi connectivity index (χ0n) is 16.7. The van der Waals surface area contributed by atoms with E-state index in [9.17, 15) is 13.7 Å². The molecule has 30 heavy (non-hydrogen) atoms. The molecular weight excluding hydrogens is 398 g/mol. The van der Waals surface area contributed by atoms with E-state index >= 15 is 0 Å². The summed E-state index contributed by atoms with van der Waals surface area (Å²) in [7, 11) is -2.39. The van der Waals surface area contributed by atoms with E-state index in [0.29, 0.717) is 23.7 Å². The summed E-state index contributed by atoms with van der Waals surface area (Å²) < 4.78 is 36.8. The largest absolute Gasteiger partial charge is 0.493 e. The van der Waals surface area contributed by atoms with Crippen LogP contribution in [0.4, 0.5) is 0 Å². The van der Waals surface area contributed by atoms with Gasteiger partial charge in [0.1, 0.15) is 17.6 Å². The molecule has 0 amide bonds. The third kappa shape index (κ3) is 4.70. The van der Waals surface area contributed by atoms with E-state index in [2.05, 4.69) is 0 Å². The van der Waals surface area contributed by atoms with E-state index in [-0.39, 0.29) is 9.80 Å². The monoisotopic (exact) mass is 419 g/mol. The van der Waals surface area contributed by atoms with Crippen molar-refractivity contribution in [2.24, 2.45) is 0 Å². The fourth-order valence-electron chi connectivity index (χ4n) is 2.87. The van der Waals surface area contributed by atoms with Crippen LogP contribution in [0.2, 0.25) is 0 Å². The number of sulfone groups is 1. The molecule has 0 heterocycles. The van der Waals surface area contributed by atoms with E-state index < -0.39 is 9.84 Å². The van der Waals surface area contributed by atoms with Crippen molar-refractivity contribution >= 4 is 15.9 Å². The van der Waals surface area contributed by atoms with Crippen molar-refractivity contribution in [2.45, 2.75) is 18.4 Å². The molecule has 0 aliphatic heterocycles. The zero-order chi connectivity index (χ0) is 21.6. The van der Waals surface area contributed by atoms with Crippen molar-refractivity contribution in [1.29, 1.82) is 5.26 Å². The maximum Gasteiger partial charge on any atom is 0.216 e. The van der Waals surface area contributed by atoms with Gasteiger partial charge in [-0.05, 0) is 54.0 Å². The second kappa shape index (κ2) is 9.29. The molecule has 0 N–H and O–H groups in total. The third-order valence-electron chi connectivity index (χ3n) is 4.58. The molecule has 3 aromatic carbocycles. The highest BCUT2D eigenvalue weighted by atomic mass is 32.2. The highest BCUT2D eigenvalue weighted by Gasteiger charge is 2.20. The normalized spacial score (nSPS) is 11.6. The highest BCUT2D eigenvalue weighted by Crippen LogP contribution is 2.31. The first-order chi connectivity index (χ1) is 14.5. The van der Waals surface area contributed by atoms with Crippen molar-refractivity contribution in [1.82, 2.24) is 0 Å². The molecule has 0 saturated carbocycles. The van der Waals surface area contributed by atoms with Crippen LogP contribution in [0.25, 0.3) is 6.08 Å². The van der Waals surface area contributed by atoms with Crippen molar-refractivity contribution in [3.05, 3.63) is 94.4 Å². The number of allylic oxidation sites excluding steroid dienone is 1. The maximum atomic E-state index is 12.7. The lowest BCUT2D eigenvalue weighted by atomic mass is 10.1. The van der Waals surface area contributed by atoms with Crippen LogP contribution in [0.3, 0.4) is 0 Å². The Morgan fingerprint density at radius 1 is 1.00 bits per heavy atom. The molecule has 0 unspecified atom stereocenters. The molecular formula is C24H21NO4S. The van der Waals surface area contributed by atoms with E-state index in [1.54, 1.807) is 42.5 Å². The lowest BCUT2D eigenvalue weighted by Gasteiger charge is -2.13. The van der Waals surface area contributed by atoms with E-state index in [4.69, 9.17) is 9.47 Å². The SMILES string of the molecule is COc1cc(C=C(C#N)S(=O)(=O)c2ccccc2)ccc1OCc1ccccc1C. The van der Waals surface area contributed by atoms with Gasteiger partial charge < -0.3 is 9.47 Å². The molecule has 0 atom stereocenters. The maximum absolute atomic E-state index is 12.7. The molecule has 0 aliphatic carbocycles. The molecule has 3 rings (SSSR count). The number of nitriles is 1. The molecule has 0 fully saturated rings. The van der Waals surface area contributed by atoms with Gasteiger partial charge in [0.2, 0.25) is 9.84 Å². The van der Waals surface area contributed by atoms with E-state index in [1.807, 2.05) is 31.2 Å². The van der Waals surface area contributed by atoms with Gasteiger partial charge in [0.25, 0.3) is 0 Å². The van der Waals surface area contributed by atoms with E-state index in [0.717, 1.165) is 11.1 Å². The summed E-state index contributed by atoms with van der Waals surface area (Å²) in [6.07, 6.45) is 1.33. The van der Waals surface area contributed by atoms with E-state index in [1.165, 1.54) is 25.3 Å². The molecule has 6 heteroatoms. The summed E-state index contributed by atoms with van der Waals surface area (Å²) >= 11 is 0. The third-order valence-corrected chi connectivity index (χ3v) is 6.26. The first-order valence-electron chi connectivity index (χ1n) is 9.23. The minimum absolute atomic E-state index is 0.0722. The van der Waals surface area contributed by atoms with Crippen LogP contribution < -0.4 is 9.47 Å². The Morgan fingerprint density at radius 2 is 1.70 bits per heavy atom. The summed E-state index contributed by atoms with van der Waals surface area (Å²) in [6, 6.07) is 22.6. The summed E-state index contributed by atoms with van der Waals surface area (Å²) in [6.45, 7) is 2.39. The van der Waals surface area contributed by atoms with Crippen LogP contribution in [0.5, 0.6) is 11.5 Å². The van der Waals surface area contributed by atoms with Gasteiger partial charge in [-0.15, -0.1) is 0 Å². The Bertz CT molecular complexity index is 1210. The molecule has 0 saturated heterocycles. The molecule has 0 aromatic heterocycles. The topological polar surface area (TPSA) is 76.4 Å². The second-order valence-electron chi connectivity index (χ2n) is 6.56. The summed E-state index contributed by atoms with van der Waals surface area (Å²) in [5, 5.41) is 9.45. The lowest BCUT2D eigenvalue weighted by molar-refractivity contribution is 0.284. The van der Waals surface area contributed by atoms with Gasteiger partial charge in [-0.2, -0.15) is 5.26 Å². The minimum atomic E-state index is -3.90. The number of ether oxygens (including phenoxy) is 2. The second-order valence-corrected chi connectivity index (χ2v) is 8.48. The fourth-order valence-corrected chi connectivity index (χ4v) is 4.05. The number of hydrogen-bond acceptors (Lipinski definition) is 5. The fraction of sp³-hybridized carbons (Fsp3) is 0.125.